The van der Waals surface area contributed by atoms with Gasteiger partial charge in [-0.05, 0) is 24.3 Å². The molecular weight excluding hydrogens is 306 g/mol. The van der Waals surface area contributed by atoms with Gasteiger partial charge in [0, 0.05) is 0 Å². The first-order valence-electron chi connectivity index (χ1n) is 7.15. The largest absolute Gasteiger partial charge is 0.467 e. The Morgan fingerprint density at radius 3 is 2.75 bits per heavy atom. The van der Waals surface area contributed by atoms with Crippen LogP contribution in [0.1, 0.15) is 21.8 Å². The van der Waals surface area contributed by atoms with Crippen LogP contribution in [0.15, 0.2) is 59.5 Å². The predicted molar refractivity (Wildman–Crippen MR) is 87.2 cm³/mol. The van der Waals surface area contributed by atoms with Gasteiger partial charge in [-0.2, -0.15) is 5.26 Å². The van der Waals surface area contributed by atoms with Crippen LogP contribution >= 0.6 is 0 Å². The number of hydrogen-bond donors (Lipinski definition) is 2. The fraction of sp³-hybridized carbons (Fsp3) is 0.0588. The predicted octanol–water partition coefficient (Wildman–Crippen LogP) is 2.81. The zero-order valence-corrected chi connectivity index (χ0v) is 12.6. The van der Waals surface area contributed by atoms with Gasteiger partial charge in [-0.1, -0.05) is 12.1 Å². The second-order valence-corrected chi connectivity index (χ2v) is 4.83. The number of anilines is 2. The monoisotopic (exact) mass is 319 g/mol. The molecule has 0 saturated heterocycles. The number of nitrogens with zero attached hydrogens (tertiary/aromatic N) is 3. The molecule has 2 aromatic heterocycles. The average molecular weight is 319 g/mol. The lowest BCUT2D eigenvalue weighted by Gasteiger charge is -2.07. The number of nitriles is 1. The molecule has 24 heavy (non-hydrogen) atoms. The van der Waals surface area contributed by atoms with E-state index in [1.54, 1.807) is 36.6 Å². The van der Waals surface area contributed by atoms with E-state index in [9.17, 15) is 4.79 Å². The number of para-hydroxylation sites is 1. The quantitative estimate of drug-likeness (QED) is 0.749. The second-order valence-electron chi connectivity index (χ2n) is 4.83. The van der Waals surface area contributed by atoms with E-state index in [0.29, 0.717) is 23.6 Å². The molecular formula is C17H13N5O2. The molecule has 118 valence electrons. The van der Waals surface area contributed by atoms with Crippen LogP contribution in [0.25, 0.3) is 0 Å². The minimum absolute atomic E-state index is 0.159. The van der Waals surface area contributed by atoms with Gasteiger partial charge in [0.25, 0.3) is 5.91 Å². The summed E-state index contributed by atoms with van der Waals surface area (Å²) in [5.41, 5.74) is 0.980. The Morgan fingerprint density at radius 2 is 2.04 bits per heavy atom. The van der Waals surface area contributed by atoms with Crippen LogP contribution in [-0.2, 0) is 6.54 Å². The highest BCUT2D eigenvalue weighted by Gasteiger charge is 2.10. The number of hydrogen-bond acceptors (Lipinski definition) is 6. The molecule has 3 rings (SSSR count). The molecule has 7 nitrogen and oxygen atoms in total. The molecule has 0 unspecified atom stereocenters. The van der Waals surface area contributed by atoms with Crippen molar-refractivity contribution in [2.45, 2.75) is 6.54 Å². The van der Waals surface area contributed by atoms with E-state index < -0.39 is 5.91 Å². The molecule has 7 heteroatoms. The average Bonchev–Trinajstić information content (AvgIpc) is 3.14. The lowest BCUT2D eigenvalue weighted by molar-refractivity contribution is 0.102. The van der Waals surface area contributed by atoms with E-state index >= 15 is 0 Å². The smallest absolute Gasteiger partial charge is 0.275 e. The van der Waals surface area contributed by atoms with Gasteiger partial charge in [0.1, 0.15) is 23.3 Å². The number of nitrogens with one attached hydrogen (secondary N) is 2. The summed E-state index contributed by atoms with van der Waals surface area (Å²) >= 11 is 0. The molecule has 0 bridgehead atoms. The maximum atomic E-state index is 12.2. The number of carbonyl (C=O) groups is 1. The van der Waals surface area contributed by atoms with Crippen LogP contribution in [0.2, 0.25) is 0 Å². The van der Waals surface area contributed by atoms with E-state index in [-0.39, 0.29) is 5.69 Å². The summed E-state index contributed by atoms with van der Waals surface area (Å²) in [5, 5.41) is 14.7. The molecule has 0 atom stereocenters. The van der Waals surface area contributed by atoms with Crippen molar-refractivity contribution in [2.75, 3.05) is 10.6 Å². The standard InChI is InChI=1S/C17H13N5O2/c18-8-12-4-1-2-6-14(12)22-17(23)15-10-21-16(11-19-15)20-9-13-5-3-7-24-13/h1-7,10-11H,9H2,(H,20,21)(H,22,23). The maximum Gasteiger partial charge on any atom is 0.275 e. The summed E-state index contributed by atoms with van der Waals surface area (Å²) in [6, 6.07) is 12.4. The highest BCUT2D eigenvalue weighted by Crippen LogP contribution is 2.14. The second kappa shape index (κ2) is 7.07. The Hall–Kier alpha value is -3.66. The minimum atomic E-state index is -0.428. The van der Waals surface area contributed by atoms with E-state index in [1.165, 1.54) is 12.4 Å². The fourth-order valence-corrected chi connectivity index (χ4v) is 2.00. The summed E-state index contributed by atoms with van der Waals surface area (Å²) in [6.45, 7) is 0.475. The lowest BCUT2D eigenvalue weighted by Crippen LogP contribution is -2.15. The number of furan rings is 1. The van der Waals surface area contributed by atoms with Gasteiger partial charge in [-0.25, -0.2) is 9.97 Å². The Bertz CT molecular complexity index is 867. The van der Waals surface area contributed by atoms with Gasteiger partial charge in [0.15, 0.2) is 0 Å². The van der Waals surface area contributed by atoms with Crippen molar-refractivity contribution in [1.82, 2.24) is 9.97 Å². The summed E-state index contributed by atoms with van der Waals surface area (Å²) < 4.78 is 5.20. The molecule has 0 saturated carbocycles. The Morgan fingerprint density at radius 1 is 1.17 bits per heavy atom. The molecule has 0 aliphatic rings. The highest BCUT2D eigenvalue weighted by atomic mass is 16.3. The van der Waals surface area contributed by atoms with Crippen molar-refractivity contribution in [2.24, 2.45) is 0 Å². The SMILES string of the molecule is N#Cc1ccccc1NC(=O)c1cnc(NCc2ccco2)cn1. The summed E-state index contributed by atoms with van der Waals surface area (Å²) in [6.07, 6.45) is 4.43. The van der Waals surface area contributed by atoms with E-state index in [1.807, 2.05) is 12.1 Å². The van der Waals surface area contributed by atoms with E-state index in [4.69, 9.17) is 9.68 Å². The number of amides is 1. The van der Waals surface area contributed by atoms with Crippen LogP contribution in [0.3, 0.4) is 0 Å². The van der Waals surface area contributed by atoms with Crippen molar-refractivity contribution in [3.63, 3.8) is 0 Å². The van der Waals surface area contributed by atoms with Crippen LogP contribution in [0, 0.1) is 11.3 Å². The zero-order chi connectivity index (χ0) is 16.8. The zero-order valence-electron chi connectivity index (χ0n) is 12.6. The van der Waals surface area contributed by atoms with Crippen molar-refractivity contribution in [1.29, 1.82) is 5.26 Å². The summed E-state index contributed by atoms with van der Waals surface area (Å²) in [7, 11) is 0. The maximum absolute atomic E-state index is 12.2. The van der Waals surface area contributed by atoms with Gasteiger partial charge in [0.2, 0.25) is 0 Å². The van der Waals surface area contributed by atoms with Crippen molar-refractivity contribution < 1.29 is 9.21 Å². The molecule has 1 aromatic carbocycles. The highest BCUT2D eigenvalue weighted by molar-refractivity contribution is 6.03. The van der Waals surface area contributed by atoms with Gasteiger partial charge >= 0.3 is 0 Å². The fourth-order valence-electron chi connectivity index (χ4n) is 2.00. The van der Waals surface area contributed by atoms with Crippen LogP contribution < -0.4 is 10.6 Å². The molecule has 0 radical (unpaired) electrons. The number of carbonyl (C=O) groups excluding carboxylic acids is 1. The topological polar surface area (TPSA) is 104 Å². The molecule has 1 amide bonds. The van der Waals surface area contributed by atoms with Gasteiger partial charge in [0.05, 0.1) is 36.5 Å². The number of rotatable bonds is 5. The van der Waals surface area contributed by atoms with Crippen LogP contribution in [-0.4, -0.2) is 15.9 Å². The van der Waals surface area contributed by atoms with Crippen molar-refractivity contribution in [3.05, 3.63) is 72.1 Å². The van der Waals surface area contributed by atoms with Gasteiger partial charge in [-0.15, -0.1) is 0 Å². The molecule has 0 spiro atoms. The first-order valence-corrected chi connectivity index (χ1v) is 7.15. The van der Waals surface area contributed by atoms with Crippen LogP contribution in [0.4, 0.5) is 11.5 Å². The first-order chi connectivity index (χ1) is 11.8. The van der Waals surface area contributed by atoms with E-state index in [2.05, 4.69) is 20.6 Å². The molecule has 2 heterocycles. The first kappa shape index (κ1) is 15.2. The molecule has 3 aromatic rings. The van der Waals surface area contributed by atoms with Gasteiger partial charge < -0.3 is 15.1 Å². The van der Waals surface area contributed by atoms with Crippen molar-refractivity contribution >= 4 is 17.4 Å². The van der Waals surface area contributed by atoms with Crippen LogP contribution in [0.5, 0.6) is 0 Å². The minimum Gasteiger partial charge on any atom is -0.467 e. The van der Waals surface area contributed by atoms with E-state index in [0.717, 1.165) is 5.76 Å². The number of benzene rings is 1. The third kappa shape index (κ3) is 3.56. The molecule has 0 fully saturated rings. The molecule has 0 aliphatic heterocycles. The van der Waals surface area contributed by atoms with Crippen molar-refractivity contribution in [3.8, 4) is 6.07 Å². The van der Waals surface area contributed by atoms with Gasteiger partial charge in [-0.3, -0.25) is 4.79 Å². The Labute approximate surface area is 138 Å². The third-order valence-corrected chi connectivity index (χ3v) is 3.20. The molecule has 0 aliphatic carbocycles. The number of aromatic nitrogens is 2. The Kier molecular flexibility index (Phi) is 4.49. The summed E-state index contributed by atoms with van der Waals surface area (Å²) in [5.74, 6) is 0.870. The third-order valence-electron chi connectivity index (χ3n) is 3.20. The lowest BCUT2D eigenvalue weighted by atomic mass is 10.2. The Balaban J connectivity index is 1.64. The summed E-state index contributed by atoms with van der Waals surface area (Å²) in [4.78, 5) is 20.4. The molecule has 2 N–H and O–H groups in total. The normalized spacial score (nSPS) is 9.96.